The van der Waals surface area contributed by atoms with E-state index in [0.717, 1.165) is 23.4 Å². The Balaban J connectivity index is 1.32. The standard InChI is InChI=1S/C26H28N4O2/c1-18-11-14-29(15-12-18)17-20-7-9-22(10-8-20)24-27-25(32-28-24)19(2)30-16-13-21-5-3-4-6-23(21)26(30)31/h3-10,13,16,18-19H,11-12,14-15,17H2,1-2H3. The number of likely N-dealkylation sites (tertiary alicyclic amines) is 1. The summed E-state index contributed by atoms with van der Waals surface area (Å²) in [4.78, 5) is 20.0. The predicted octanol–water partition coefficient (Wildman–Crippen LogP) is 4.89. The van der Waals surface area contributed by atoms with E-state index in [-0.39, 0.29) is 11.6 Å². The van der Waals surface area contributed by atoms with Gasteiger partial charge in [-0.2, -0.15) is 4.98 Å². The number of benzene rings is 2. The van der Waals surface area contributed by atoms with Crippen molar-refractivity contribution in [3.05, 3.63) is 82.6 Å². The van der Waals surface area contributed by atoms with E-state index in [4.69, 9.17) is 4.52 Å². The van der Waals surface area contributed by atoms with Gasteiger partial charge in [-0.1, -0.05) is 54.5 Å². The van der Waals surface area contributed by atoms with Gasteiger partial charge in [0.1, 0.15) is 6.04 Å². The molecular formula is C26H28N4O2. The lowest BCUT2D eigenvalue weighted by Gasteiger charge is -2.30. The summed E-state index contributed by atoms with van der Waals surface area (Å²) in [5, 5.41) is 5.77. The van der Waals surface area contributed by atoms with Crippen LogP contribution in [0, 0.1) is 5.92 Å². The maximum Gasteiger partial charge on any atom is 0.259 e. The van der Waals surface area contributed by atoms with E-state index in [0.29, 0.717) is 17.1 Å². The molecule has 32 heavy (non-hydrogen) atoms. The highest BCUT2D eigenvalue weighted by Crippen LogP contribution is 2.23. The highest BCUT2D eigenvalue weighted by molar-refractivity contribution is 5.81. The fourth-order valence-electron chi connectivity index (χ4n) is 4.39. The summed E-state index contributed by atoms with van der Waals surface area (Å²) in [7, 11) is 0. The molecule has 2 aromatic heterocycles. The number of nitrogens with zero attached hydrogens (tertiary/aromatic N) is 4. The molecule has 0 radical (unpaired) electrons. The first-order valence-corrected chi connectivity index (χ1v) is 11.3. The van der Waals surface area contributed by atoms with E-state index in [2.05, 4.69) is 34.1 Å². The van der Waals surface area contributed by atoms with Gasteiger partial charge in [0, 0.05) is 23.7 Å². The summed E-state index contributed by atoms with van der Waals surface area (Å²) in [6.45, 7) is 7.55. The number of rotatable bonds is 5. The zero-order valence-corrected chi connectivity index (χ0v) is 18.6. The average molecular weight is 429 g/mol. The summed E-state index contributed by atoms with van der Waals surface area (Å²) < 4.78 is 7.18. The van der Waals surface area contributed by atoms with Crippen LogP contribution in [0.25, 0.3) is 22.2 Å². The van der Waals surface area contributed by atoms with Gasteiger partial charge in [0.25, 0.3) is 5.56 Å². The molecule has 0 saturated carbocycles. The summed E-state index contributed by atoms with van der Waals surface area (Å²) in [5.74, 6) is 1.80. The topological polar surface area (TPSA) is 64.2 Å². The van der Waals surface area contributed by atoms with Crippen molar-refractivity contribution >= 4 is 10.8 Å². The molecule has 1 fully saturated rings. The molecule has 1 aliphatic rings. The Morgan fingerprint density at radius 1 is 1.06 bits per heavy atom. The molecule has 3 heterocycles. The van der Waals surface area contributed by atoms with E-state index < -0.39 is 0 Å². The minimum absolute atomic E-state index is 0.0631. The Bertz CT molecular complexity index is 1270. The molecule has 1 aliphatic heterocycles. The maximum absolute atomic E-state index is 12.9. The second-order valence-electron chi connectivity index (χ2n) is 8.90. The first-order valence-electron chi connectivity index (χ1n) is 11.3. The van der Waals surface area contributed by atoms with Crippen molar-refractivity contribution in [1.82, 2.24) is 19.6 Å². The smallest absolute Gasteiger partial charge is 0.259 e. The molecule has 0 aliphatic carbocycles. The molecule has 0 amide bonds. The average Bonchev–Trinajstić information content (AvgIpc) is 3.31. The SMILES string of the molecule is CC1CCN(Cc2ccc(-c3noc(C(C)n4ccc5ccccc5c4=O)n3)cc2)CC1. The van der Waals surface area contributed by atoms with Gasteiger partial charge in [-0.25, -0.2) is 0 Å². The zero-order valence-electron chi connectivity index (χ0n) is 18.6. The van der Waals surface area contributed by atoms with Crippen LogP contribution in [0.2, 0.25) is 0 Å². The van der Waals surface area contributed by atoms with Gasteiger partial charge >= 0.3 is 0 Å². The molecule has 0 spiro atoms. The Kier molecular flexibility index (Phi) is 5.62. The monoisotopic (exact) mass is 428 g/mol. The van der Waals surface area contributed by atoms with Crippen molar-refractivity contribution in [3.8, 4) is 11.4 Å². The Hall–Kier alpha value is -3.25. The molecule has 2 aromatic carbocycles. The summed E-state index contributed by atoms with van der Waals surface area (Å²) >= 11 is 0. The van der Waals surface area contributed by atoms with Crippen LogP contribution in [-0.4, -0.2) is 32.7 Å². The Labute approximate surface area is 187 Å². The van der Waals surface area contributed by atoms with Crippen molar-refractivity contribution < 1.29 is 4.52 Å². The van der Waals surface area contributed by atoms with Gasteiger partial charge in [0.2, 0.25) is 11.7 Å². The Morgan fingerprint density at radius 2 is 1.81 bits per heavy atom. The molecule has 5 rings (SSSR count). The van der Waals surface area contributed by atoms with E-state index in [1.165, 1.54) is 31.5 Å². The van der Waals surface area contributed by atoms with Crippen LogP contribution in [0.3, 0.4) is 0 Å². The molecular weight excluding hydrogens is 400 g/mol. The fourth-order valence-corrected chi connectivity index (χ4v) is 4.39. The highest BCUT2D eigenvalue weighted by atomic mass is 16.5. The first kappa shape index (κ1) is 20.6. The van der Waals surface area contributed by atoms with Crippen molar-refractivity contribution in [2.24, 2.45) is 5.92 Å². The van der Waals surface area contributed by atoms with E-state index in [1.807, 2.05) is 49.4 Å². The number of hydrogen-bond acceptors (Lipinski definition) is 5. The van der Waals surface area contributed by atoms with Gasteiger partial charge in [-0.15, -0.1) is 0 Å². The number of pyridine rings is 1. The maximum atomic E-state index is 12.9. The van der Waals surface area contributed by atoms with E-state index in [1.54, 1.807) is 10.8 Å². The summed E-state index contributed by atoms with van der Waals surface area (Å²) in [6, 6.07) is 17.5. The molecule has 0 N–H and O–H groups in total. The van der Waals surface area contributed by atoms with Crippen molar-refractivity contribution in [1.29, 1.82) is 0 Å². The van der Waals surface area contributed by atoms with E-state index >= 15 is 0 Å². The number of hydrogen-bond donors (Lipinski definition) is 0. The summed E-state index contributed by atoms with van der Waals surface area (Å²) in [5.41, 5.74) is 2.14. The van der Waals surface area contributed by atoms with Crippen LogP contribution in [-0.2, 0) is 6.54 Å². The van der Waals surface area contributed by atoms with Crippen LogP contribution in [0.4, 0.5) is 0 Å². The third kappa shape index (κ3) is 4.10. The second-order valence-corrected chi connectivity index (χ2v) is 8.90. The largest absolute Gasteiger partial charge is 0.337 e. The van der Waals surface area contributed by atoms with Crippen molar-refractivity contribution in [3.63, 3.8) is 0 Å². The third-order valence-electron chi connectivity index (χ3n) is 6.55. The molecule has 164 valence electrons. The normalized spacial score (nSPS) is 16.4. The van der Waals surface area contributed by atoms with Crippen molar-refractivity contribution in [2.75, 3.05) is 13.1 Å². The number of piperidine rings is 1. The molecule has 1 unspecified atom stereocenters. The van der Waals surface area contributed by atoms with Gasteiger partial charge < -0.3 is 9.09 Å². The zero-order chi connectivity index (χ0) is 22.1. The van der Waals surface area contributed by atoms with Crippen LogP contribution in [0.5, 0.6) is 0 Å². The van der Waals surface area contributed by atoms with Crippen LogP contribution >= 0.6 is 0 Å². The van der Waals surface area contributed by atoms with Gasteiger partial charge in [-0.05, 0) is 61.9 Å². The van der Waals surface area contributed by atoms with Crippen LogP contribution in [0.1, 0.15) is 44.2 Å². The van der Waals surface area contributed by atoms with Gasteiger partial charge in [0.05, 0.1) is 0 Å². The minimum atomic E-state index is -0.353. The lowest BCUT2D eigenvalue weighted by Crippen LogP contribution is -2.32. The number of fused-ring (bicyclic) bond motifs is 1. The van der Waals surface area contributed by atoms with Crippen LogP contribution < -0.4 is 5.56 Å². The lowest BCUT2D eigenvalue weighted by molar-refractivity contribution is 0.185. The second kappa shape index (κ2) is 8.71. The molecule has 6 heteroatoms. The molecule has 6 nitrogen and oxygen atoms in total. The van der Waals surface area contributed by atoms with Crippen molar-refractivity contribution in [2.45, 2.75) is 39.3 Å². The molecule has 1 saturated heterocycles. The molecule has 0 bridgehead atoms. The van der Waals surface area contributed by atoms with Gasteiger partial charge in [-0.3, -0.25) is 9.69 Å². The molecule has 4 aromatic rings. The highest BCUT2D eigenvalue weighted by Gasteiger charge is 2.19. The molecule has 1 atom stereocenters. The third-order valence-corrected chi connectivity index (χ3v) is 6.55. The quantitative estimate of drug-likeness (QED) is 0.453. The summed E-state index contributed by atoms with van der Waals surface area (Å²) in [6.07, 6.45) is 4.35. The minimum Gasteiger partial charge on any atom is -0.337 e. The number of aromatic nitrogens is 3. The predicted molar refractivity (Wildman–Crippen MR) is 125 cm³/mol. The fraction of sp³-hybridized carbons (Fsp3) is 0.346. The van der Waals surface area contributed by atoms with E-state index in [9.17, 15) is 4.79 Å². The van der Waals surface area contributed by atoms with Gasteiger partial charge in [0.15, 0.2) is 0 Å². The Morgan fingerprint density at radius 3 is 2.59 bits per heavy atom. The lowest BCUT2D eigenvalue weighted by atomic mass is 9.99. The van der Waals surface area contributed by atoms with Crippen LogP contribution in [0.15, 0.2) is 70.1 Å². The first-order chi connectivity index (χ1) is 15.6.